The lowest BCUT2D eigenvalue weighted by atomic mass is 9.95. The summed E-state index contributed by atoms with van der Waals surface area (Å²) in [6, 6.07) is 0. The Balaban J connectivity index is 2.37. The van der Waals surface area contributed by atoms with Crippen LogP contribution in [-0.4, -0.2) is 73.7 Å². The number of ether oxygens (including phenoxy) is 2. The number of carbonyl (C=O) groups excluding carboxylic acids is 2. The van der Waals surface area contributed by atoms with Crippen molar-refractivity contribution >= 4 is 11.8 Å². The molecule has 1 aliphatic rings. The largest absolute Gasteiger partial charge is 0.379 e. The lowest BCUT2D eigenvalue weighted by molar-refractivity contribution is -0.147. The number of piperidine rings is 1. The van der Waals surface area contributed by atoms with E-state index in [1.165, 1.54) is 0 Å². The average molecular weight is 328 g/mol. The highest BCUT2D eigenvalue weighted by Crippen LogP contribution is 2.20. The summed E-state index contributed by atoms with van der Waals surface area (Å²) in [5.74, 6) is 0.284. The van der Waals surface area contributed by atoms with Crippen LogP contribution in [0.5, 0.6) is 0 Å². The fourth-order valence-corrected chi connectivity index (χ4v) is 2.90. The molecular weight excluding hydrogens is 296 g/mol. The van der Waals surface area contributed by atoms with Crippen LogP contribution in [-0.2, 0) is 19.1 Å². The maximum absolute atomic E-state index is 12.4. The van der Waals surface area contributed by atoms with Gasteiger partial charge in [0, 0.05) is 38.7 Å². The van der Waals surface area contributed by atoms with Crippen molar-refractivity contribution < 1.29 is 19.1 Å². The molecule has 1 unspecified atom stereocenters. The first-order valence-electron chi connectivity index (χ1n) is 8.81. The first-order chi connectivity index (χ1) is 11.0. The van der Waals surface area contributed by atoms with Gasteiger partial charge < -0.3 is 19.3 Å². The van der Waals surface area contributed by atoms with Gasteiger partial charge in [0.15, 0.2) is 0 Å². The van der Waals surface area contributed by atoms with Crippen LogP contribution >= 0.6 is 0 Å². The first-order valence-corrected chi connectivity index (χ1v) is 8.81. The van der Waals surface area contributed by atoms with Gasteiger partial charge in [0.05, 0.1) is 13.2 Å². The predicted molar refractivity (Wildman–Crippen MR) is 89.1 cm³/mol. The summed E-state index contributed by atoms with van der Waals surface area (Å²) < 4.78 is 10.7. The molecular formula is C17H32N2O4. The van der Waals surface area contributed by atoms with E-state index in [2.05, 4.69) is 0 Å². The molecule has 1 heterocycles. The quantitative estimate of drug-likeness (QED) is 0.602. The van der Waals surface area contributed by atoms with Crippen molar-refractivity contribution in [1.29, 1.82) is 0 Å². The van der Waals surface area contributed by atoms with Gasteiger partial charge in [-0.2, -0.15) is 0 Å². The van der Waals surface area contributed by atoms with Gasteiger partial charge in [-0.25, -0.2) is 0 Å². The highest BCUT2D eigenvalue weighted by molar-refractivity contribution is 5.82. The molecule has 1 aliphatic heterocycles. The van der Waals surface area contributed by atoms with Crippen molar-refractivity contribution in [3.63, 3.8) is 0 Å². The number of carbonyl (C=O) groups is 2. The first kappa shape index (κ1) is 19.9. The number of amides is 2. The van der Waals surface area contributed by atoms with E-state index in [4.69, 9.17) is 9.47 Å². The summed E-state index contributed by atoms with van der Waals surface area (Å²) in [5.41, 5.74) is 0. The molecule has 0 bridgehead atoms. The van der Waals surface area contributed by atoms with E-state index in [-0.39, 0.29) is 17.7 Å². The Morgan fingerprint density at radius 3 is 2.26 bits per heavy atom. The summed E-state index contributed by atoms with van der Waals surface area (Å²) in [7, 11) is 0. The van der Waals surface area contributed by atoms with Crippen LogP contribution in [0.3, 0.4) is 0 Å². The molecule has 23 heavy (non-hydrogen) atoms. The zero-order chi connectivity index (χ0) is 17.2. The minimum absolute atomic E-state index is 0.00948. The van der Waals surface area contributed by atoms with Crippen LogP contribution in [0.2, 0.25) is 0 Å². The highest BCUT2D eigenvalue weighted by atomic mass is 16.5. The molecule has 0 radical (unpaired) electrons. The van der Waals surface area contributed by atoms with Crippen molar-refractivity contribution in [3.8, 4) is 0 Å². The summed E-state index contributed by atoms with van der Waals surface area (Å²) in [5, 5.41) is 0. The fraction of sp³-hybridized carbons (Fsp3) is 0.882. The second kappa shape index (κ2) is 10.6. The Kier molecular flexibility index (Phi) is 9.17. The summed E-state index contributed by atoms with van der Waals surface area (Å²) in [6.07, 6.45) is 1.03. The minimum Gasteiger partial charge on any atom is -0.379 e. The van der Waals surface area contributed by atoms with Crippen molar-refractivity contribution in [3.05, 3.63) is 0 Å². The smallest absolute Gasteiger partial charge is 0.251 e. The zero-order valence-electron chi connectivity index (χ0n) is 15.0. The van der Waals surface area contributed by atoms with Crippen LogP contribution < -0.4 is 0 Å². The number of hydrogen-bond donors (Lipinski definition) is 0. The maximum Gasteiger partial charge on any atom is 0.251 e. The third-order valence-electron chi connectivity index (χ3n) is 4.38. The van der Waals surface area contributed by atoms with Crippen LogP contribution in [0, 0.1) is 5.92 Å². The predicted octanol–water partition coefficient (Wildman–Crippen LogP) is 1.53. The molecule has 0 spiro atoms. The Bertz CT molecular complexity index is 364. The van der Waals surface area contributed by atoms with Gasteiger partial charge in [-0.05, 0) is 40.5 Å². The van der Waals surface area contributed by atoms with E-state index in [0.717, 1.165) is 25.9 Å². The van der Waals surface area contributed by atoms with Crippen LogP contribution in [0.1, 0.15) is 40.5 Å². The monoisotopic (exact) mass is 328 g/mol. The topological polar surface area (TPSA) is 59.1 Å². The summed E-state index contributed by atoms with van der Waals surface area (Å²) >= 11 is 0. The standard InChI is InChI=1S/C17H32N2O4/c1-5-18(6-2)17(21)15-8-10-19(11-9-15)16(20)14(4)23-13-12-22-7-3/h14-15H,5-13H2,1-4H3. The summed E-state index contributed by atoms with van der Waals surface area (Å²) in [6.45, 7) is 12.1. The third-order valence-corrected chi connectivity index (χ3v) is 4.38. The highest BCUT2D eigenvalue weighted by Gasteiger charge is 2.31. The van der Waals surface area contributed by atoms with Crippen molar-refractivity contribution in [1.82, 2.24) is 9.80 Å². The molecule has 1 rings (SSSR count). The zero-order valence-corrected chi connectivity index (χ0v) is 15.0. The van der Waals surface area contributed by atoms with E-state index in [0.29, 0.717) is 32.9 Å². The lowest BCUT2D eigenvalue weighted by Crippen LogP contribution is -2.47. The van der Waals surface area contributed by atoms with E-state index in [1.54, 1.807) is 6.92 Å². The molecule has 0 aromatic carbocycles. The van der Waals surface area contributed by atoms with Crippen molar-refractivity contribution in [2.75, 3.05) is 46.0 Å². The fourth-order valence-electron chi connectivity index (χ4n) is 2.90. The van der Waals surface area contributed by atoms with Gasteiger partial charge in [-0.3, -0.25) is 9.59 Å². The van der Waals surface area contributed by atoms with Gasteiger partial charge >= 0.3 is 0 Å². The molecule has 1 saturated heterocycles. The average Bonchev–Trinajstić information content (AvgIpc) is 2.59. The molecule has 134 valence electrons. The third kappa shape index (κ3) is 6.11. The molecule has 6 nitrogen and oxygen atoms in total. The van der Waals surface area contributed by atoms with E-state index in [1.807, 2.05) is 30.6 Å². The maximum atomic E-state index is 12.4. The normalized spacial score (nSPS) is 17.1. The Hall–Kier alpha value is -1.14. The second-order valence-electron chi connectivity index (χ2n) is 5.82. The Morgan fingerprint density at radius 2 is 1.74 bits per heavy atom. The van der Waals surface area contributed by atoms with Crippen LogP contribution in [0.15, 0.2) is 0 Å². The van der Waals surface area contributed by atoms with Gasteiger partial charge in [-0.1, -0.05) is 0 Å². The van der Waals surface area contributed by atoms with Gasteiger partial charge in [0.1, 0.15) is 6.10 Å². The SMILES string of the molecule is CCOCCOC(C)C(=O)N1CCC(C(=O)N(CC)CC)CC1. The number of hydrogen-bond acceptors (Lipinski definition) is 4. The molecule has 1 atom stereocenters. The molecule has 1 fully saturated rings. The van der Waals surface area contributed by atoms with E-state index < -0.39 is 6.10 Å². The van der Waals surface area contributed by atoms with E-state index >= 15 is 0 Å². The Labute approximate surface area is 140 Å². The summed E-state index contributed by atoms with van der Waals surface area (Å²) in [4.78, 5) is 28.4. The number of rotatable bonds is 9. The minimum atomic E-state index is -0.453. The van der Waals surface area contributed by atoms with Gasteiger partial charge in [0.25, 0.3) is 5.91 Å². The van der Waals surface area contributed by atoms with Crippen LogP contribution in [0.25, 0.3) is 0 Å². The second-order valence-corrected chi connectivity index (χ2v) is 5.82. The van der Waals surface area contributed by atoms with E-state index in [9.17, 15) is 9.59 Å². The molecule has 0 aliphatic carbocycles. The van der Waals surface area contributed by atoms with Gasteiger partial charge in [-0.15, -0.1) is 0 Å². The van der Waals surface area contributed by atoms with Crippen LogP contribution in [0.4, 0.5) is 0 Å². The van der Waals surface area contributed by atoms with Crippen molar-refractivity contribution in [2.24, 2.45) is 5.92 Å². The number of likely N-dealkylation sites (tertiary alicyclic amines) is 1. The number of nitrogens with zero attached hydrogens (tertiary/aromatic N) is 2. The molecule has 0 aromatic rings. The van der Waals surface area contributed by atoms with Crippen molar-refractivity contribution in [2.45, 2.75) is 46.6 Å². The Morgan fingerprint density at radius 1 is 1.13 bits per heavy atom. The molecule has 6 heteroatoms. The molecule has 0 N–H and O–H groups in total. The molecule has 2 amide bonds. The lowest BCUT2D eigenvalue weighted by Gasteiger charge is -2.34. The molecule has 0 aromatic heterocycles. The molecule has 0 saturated carbocycles. The van der Waals surface area contributed by atoms with Gasteiger partial charge in [0.2, 0.25) is 5.91 Å².